The molecule has 0 aliphatic carbocycles. The summed E-state index contributed by atoms with van der Waals surface area (Å²) < 4.78 is 33.0. The smallest absolute Gasteiger partial charge is 0.245 e. The van der Waals surface area contributed by atoms with Crippen LogP contribution in [0.4, 0.5) is 5.69 Å². The number of piperazine rings is 1. The minimum atomic E-state index is -3.82. The average molecular weight is 484 g/mol. The van der Waals surface area contributed by atoms with Gasteiger partial charge in [-0.3, -0.25) is 4.79 Å². The summed E-state index contributed by atoms with van der Waals surface area (Å²) in [5.74, 6) is -0.312. The van der Waals surface area contributed by atoms with E-state index < -0.39 is 10.0 Å². The van der Waals surface area contributed by atoms with E-state index in [1.807, 2.05) is 4.90 Å². The third kappa shape index (κ3) is 4.16. The normalized spacial score (nSPS) is 22.3. The Kier molecular flexibility index (Phi) is 6.03. The van der Waals surface area contributed by atoms with Crippen molar-refractivity contribution in [3.05, 3.63) is 48.0 Å². The van der Waals surface area contributed by atoms with E-state index in [4.69, 9.17) is 4.63 Å². The maximum Gasteiger partial charge on any atom is 0.245 e. The summed E-state index contributed by atoms with van der Waals surface area (Å²) in [6.07, 6.45) is 1.33. The Labute approximate surface area is 199 Å². The third-order valence-corrected chi connectivity index (χ3v) is 8.80. The van der Waals surface area contributed by atoms with Gasteiger partial charge in [-0.2, -0.15) is 4.31 Å². The van der Waals surface area contributed by atoms with Gasteiger partial charge in [-0.25, -0.2) is 13.0 Å². The number of amides is 1. The van der Waals surface area contributed by atoms with Crippen LogP contribution in [-0.2, 0) is 14.8 Å². The molecule has 0 saturated carbocycles. The molecule has 0 spiro atoms. The summed E-state index contributed by atoms with van der Waals surface area (Å²) >= 11 is 0. The highest BCUT2D eigenvalue weighted by Crippen LogP contribution is 2.29. The van der Waals surface area contributed by atoms with Gasteiger partial charge in [0.05, 0.1) is 5.92 Å². The molecule has 2 aliphatic heterocycles. The maximum absolute atomic E-state index is 13.4. The van der Waals surface area contributed by atoms with Crippen LogP contribution in [0.15, 0.2) is 52.0 Å². The predicted octanol–water partition coefficient (Wildman–Crippen LogP) is 2.67. The number of aromatic nitrogens is 2. The molecule has 10 heteroatoms. The monoisotopic (exact) mass is 483 g/mol. The quantitative estimate of drug-likeness (QED) is 0.562. The van der Waals surface area contributed by atoms with Gasteiger partial charge in [0, 0.05) is 44.5 Å². The second-order valence-corrected chi connectivity index (χ2v) is 11.2. The number of carbonyl (C=O) groups excluding carboxylic acids is 1. The molecular weight excluding hydrogens is 454 g/mol. The molecule has 180 valence electrons. The minimum Gasteiger partial charge on any atom is -0.365 e. The summed E-state index contributed by atoms with van der Waals surface area (Å²) in [5, 5.41) is 7.53. The standard InChI is InChI=1S/C24H29N5O4S/c1-17-8-10-20(11-9-17)29-14-13-27(15-18(29)2)24(30)19-5-4-12-28(16-19)34(31,32)22-7-3-6-21-23(22)26-33-25-21/h3,6-11,18-19H,4-5,12-16H2,1-2H3/t18-,19-/m0/s1. The van der Waals surface area contributed by atoms with E-state index >= 15 is 0 Å². The molecule has 9 nitrogen and oxygen atoms in total. The van der Waals surface area contributed by atoms with Crippen molar-refractivity contribution >= 4 is 32.7 Å². The lowest BCUT2D eigenvalue weighted by atomic mass is 9.97. The first-order chi connectivity index (χ1) is 16.3. The molecule has 1 aromatic heterocycles. The minimum absolute atomic E-state index is 0.0385. The number of hydrogen-bond acceptors (Lipinski definition) is 7. The van der Waals surface area contributed by atoms with Crippen LogP contribution in [0.1, 0.15) is 25.3 Å². The zero-order valence-corrected chi connectivity index (χ0v) is 20.2. The fraction of sp³-hybridized carbons (Fsp3) is 0.458. The van der Waals surface area contributed by atoms with E-state index in [1.54, 1.807) is 12.1 Å². The van der Waals surface area contributed by atoms with Crippen molar-refractivity contribution in [3.8, 4) is 0 Å². The van der Waals surface area contributed by atoms with Gasteiger partial charge in [0.2, 0.25) is 15.9 Å². The second kappa shape index (κ2) is 8.99. The van der Waals surface area contributed by atoms with Gasteiger partial charge >= 0.3 is 0 Å². The first-order valence-electron chi connectivity index (χ1n) is 11.7. The number of benzene rings is 2. The number of aryl methyl sites for hydroxylation is 1. The van der Waals surface area contributed by atoms with Crippen molar-refractivity contribution in [2.45, 2.75) is 37.6 Å². The Bertz CT molecular complexity index is 1290. The molecule has 2 fully saturated rings. The number of rotatable bonds is 4. The highest BCUT2D eigenvalue weighted by atomic mass is 32.2. The fourth-order valence-electron chi connectivity index (χ4n) is 5.03. The number of anilines is 1. The van der Waals surface area contributed by atoms with Crippen molar-refractivity contribution in [3.63, 3.8) is 0 Å². The van der Waals surface area contributed by atoms with E-state index in [1.165, 1.54) is 15.9 Å². The zero-order chi connectivity index (χ0) is 23.9. The summed E-state index contributed by atoms with van der Waals surface area (Å²) in [7, 11) is -3.82. The Morgan fingerprint density at radius 2 is 1.82 bits per heavy atom. The summed E-state index contributed by atoms with van der Waals surface area (Å²) in [5.41, 5.74) is 3.00. The summed E-state index contributed by atoms with van der Waals surface area (Å²) in [4.78, 5) is 17.7. The fourth-order valence-corrected chi connectivity index (χ4v) is 6.69. The Balaban J connectivity index is 1.28. The Morgan fingerprint density at radius 1 is 1.03 bits per heavy atom. The summed E-state index contributed by atoms with van der Waals surface area (Å²) in [6.45, 7) is 6.76. The lowest BCUT2D eigenvalue weighted by molar-refractivity contribution is -0.137. The Hall–Kier alpha value is -2.98. The van der Waals surface area contributed by atoms with Crippen molar-refractivity contribution in [1.82, 2.24) is 19.5 Å². The van der Waals surface area contributed by atoms with Crippen LogP contribution < -0.4 is 4.90 Å². The van der Waals surface area contributed by atoms with Gasteiger partial charge < -0.3 is 9.80 Å². The number of sulfonamides is 1. The van der Waals surface area contributed by atoms with E-state index in [0.29, 0.717) is 38.0 Å². The number of nitrogens with zero attached hydrogens (tertiary/aromatic N) is 5. The number of fused-ring (bicyclic) bond motifs is 1. The van der Waals surface area contributed by atoms with Crippen LogP contribution in [0.3, 0.4) is 0 Å². The van der Waals surface area contributed by atoms with Gasteiger partial charge in [0.15, 0.2) is 5.52 Å². The van der Waals surface area contributed by atoms with Crippen molar-refractivity contribution < 1.29 is 17.8 Å². The van der Waals surface area contributed by atoms with Gasteiger partial charge in [-0.05, 0) is 61.3 Å². The average Bonchev–Trinajstić information content (AvgIpc) is 3.33. The Morgan fingerprint density at radius 3 is 2.59 bits per heavy atom. The largest absolute Gasteiger partial charge is 0.365 e. The van der Waals surface area contributed by atoms with Crippen LogP contribution in [0.2, 0.25) is 0 Å². The molecule has 2 aliphatic rings. The van der Waals surface area contributed by atoms with Crippen LogP contribution in [-0.4, -0.2) is 72.6 Å². The maximum atomic E-state index is 13.4. The molecule has 0 radical (unpaired) electrons. The highest BCUT2D eigenvalue weighted by Gasteiger charge is 2.37. The number of hydrogen-bond donors (Lipinski definition) is 0. The predicted molar refractivity (Wildman–Crippen MR) is 128 cm³/mol. The molecule has 34 heavy (non-hydrogen) atoms. The first kappa shape index (κ1) is 22.8. The van der Waals surface area contributed by atoms with Crippen molar-refractivity contribution in [2.24, 2.45) is 5.92 Å². The zero-order valence-electron chi connectivity index (χ0n) is 19.4. The van der Waals surface area contributed by atoms with Crippen molar-refractivity contribution in [2.75, 3.05) is 37.6 Å². The SMILES string of the molecule is Cc1ccc(N2CCN(C(=O)[C@H]3CCCN(S(=O)(=O)c4cccc5nonc45)C3)C[C@@H]2C)cc1. The van der Waals surface area contributed by atoms with Crippen molar-refractivity contribution in [1.29, 1.82) is 0 Å². The molecule has 0 N–H and O–H groups in total. The molecule has 5 rings (SSSR count). The first-order valence-corrected chi connectivity index (χ1v) is 13.1. The number of piperidine rings is 1. The van der Waals surface area contributed by atoms with Gasteiger partial charge in [-0.1, -0.05) is 23.8 Å². The second-order valence-electron chi connectivity index (χ2n) is 9.25. The van der Waals surface area contributed by atoms with E-state index in [0.717, 1.165) is 12.2 Å². The molecule has 2 saturated heterocycles. The highest BCUT2D eigenvalue weighted by molar-refractivity contribution is 7.89. The van der Waals surface area contributed by atoms with Crippen LogP contribution in [0.5, 0.6) is 0 Å². The molecule has 2 aromatic carbocycles. The van der Waals surface area contributed by atoms with Crippen LogP contribution >= 0.6 is 0 Å². The molecule has 3 aromatic rings. The molecule has 0 unspecified atom stereocenters. The van der Waals surface area contributed by atoms with Gasteiger partial charge in [0.25, 0.3) is 0 Å². The third-order valence-electron chi connectivity index (χ3n) is 6.90. The van der Waals surface area contributed by atoms with Crippen LogP contribution in [0.25, 0.3) is 11.0 Å². The lowest BCUT2D eigenvalue weighted by Gasteiger charge is -2.43. The topological polar surface area (TPSA) is 99.8 Å². The molecule has 2 atom stereocenters. The van der Waals surface area contributed by atoms with Gasteiger partial charge in [0.1, 0.15) is 10.4 Å². The van der Waals surface area contributed by atoms with Crippen LogP contribution in [0, 0.1) is 12.8 Å². The molecular formula is C24H29N5O4S. The number of carbonyl (C=O) groups is 1. The molecule has 0 bridgehead atoms. The molecule has 1 amide bonds. The van der Waals surface area contributed by atoms with E-state index in [2.05, 4.69) is 53.3 Å². The lowest BCUT2D eigenvalue weighted by Crippen LogP contribution is -2.56. The molecule has 3 heterocycles. The van der Waals surface area contributed by atoms with E-state index in [-0.39, 0.29) is 34.8 Å². The van der Waals surface area contributed by atoms with E-state index in [9.17, 15) is 13.2 Å². The van der Waals surface area contributed by atoms with Gasteiger partial charge in [-0.15, -0.1) is 0 Å². The summed E-state index contributed by atoms with van der Waals surface area (Å²) in [6, 6.07) is 13.4.